The van der Waals surface area contributed by atoms with Crippen LogP contribution in [-0.2, 0) is 5.41 Å². The summed E-state index contributed by atoms with van der Waals surface area (Å²) in [7, 11) is 0. The average Bonchev–Trinajstić information content (AvgIpc) is 3.51. The molecule has 1 aromatic heterocycles. The summed E-state index contributed by atoms with van der Waals surface area (Å²) in [6, 6.07) is 63.2. The molecule has 3 nitrogen and oxygen atoms in total. The molecule has 0 fully saturated rings. The fourth-order valence-electron chi connectivity index (χ4n) is 8.50. The van der Waals surface area contributed by atoms with Crippen molar-refractivity contribution < 1.29 is 0 Å². The first-order valence-corrected chi connectivity index (χ1v) is 18.4. The average molecular weight is 680 g/mol. The molecule has 1 aliphatic heterocycles. The third-order valence-electron chi connectivity index (χ3n) is 10.8. The molecule has 0 saturated heterocycles. The normalized spacial score (nSPS) is 13.5. The maximum atomic E-state index is 5.31. The summed E-state index contributed by atoms with van der Waals surface area (Å²) in [6.45, 7) is 0. The number of nitrogens with zero attached hydrogens (tertiary/aromatic N) is 3. The Balaban J connectivity index is 1.20. The van der Waals surface area contributed by atoms with Gasteiger partial charge in [-0.3, -0.25) is 0 Å². The van der Waals surface area contributed by atoms with E-state index < -0.39 is 5.41 Å². The van der Waals surface area contributed by atoms with E-state index in [2.05, 4.69) is 176 Å². The highest BCUT2D eigenvalue weighted by molar-refractivity contribution is 7.99. The van der Waals surface area contributed by atoms with Crippen molar-refractivity contribution in [1.82, 2.24) is 15.0 Å². The fraction of sp³-hybridized carbons (Fsp3) is 0.0208. The Hall–Kier alpha value is -6.36. The van der Waals surface area contributed by atoms with E-state index in [4.69, 9.17) is 15.0 Å². The van der Waals surface area contributed by atoms with Gasteiger partial charge in [0, 0.05) is 26.5 Å². The molecule has 0 atom stereocenters. The summed E-state index contributed by atoms with van der Waals surface area (Å²) in [4.78, 5) is 18.4. The van der Waals surface area contributed by atoms with Crippen LogP contribution in [0.3, 0.4) is 0 Å². The van der Waals surface area contributed by atoms with Crippen molar-refractivity contribution in [2.45, 2.75) is 15.2 Å². The lowest BCUT2D eigenvalue weighted by atomic mass is 9.67. The number of aromatic nitrogens is 3. The molecule has 2 aliphatic rings. The lowest BCUT2D eigenvalue weighted by Crippen LogP contribution is -2.31. The first-order chi connectivity index (χ1) is 25.8. The third-order valence-corrected chi connectivity index (χ3v) is 11.9. The minimum Gasteiger partial charge on any atom is -0.208 e. The zero-order valence-corrected chi connectivity index (χ0v) is 28.8. The van der Waals surface area contributed by atoms with Crippen molar-refractivity contribution in [1.29, 1.82) is 0 Å². The molecule has 0 amide bonds. The predicted octanol–water partition coefficient (Wildman–Crippen LogP) is 12.0. The molecule has 52 heavy (non-hydrogen) atoms. The van der Waals surface area contributed by atoms with Crippen LogP contribution in [0, 0.1) is 0 Å². The molecule has 242 valence electrons. The molecular weight excluding hydrogens is 651 g/mol. The Labute approximate surface area is 305 Å². The van der Waals surface area contributed by atoms with Gasteiger partial charge >= 0.3 is 0 Å². The maximum Gasteiger partial charge on any atom is 0.164 e. The van der Waals surface area contributed by atoms with Crippen LogP contribution in [0.2, 0.25) is 0 Å². The quantitative estimate of drug-likeness (QED) is 0.186. The Morgan fingerprint density at radius 1 is 0.346 bits per heavy atom. The first kappa shape index (κ1) is 29.4. The lowest BCUT2D eigenvalue weighted by Gasteiger charge is -2.39. The topological polar surface area (TPSA) is 38.7 Å². The highest BCUT2D eigenvalue weighted by atomic mass is 32.2. The summed E-state index contributed by atoms with van der Waals surface area (Å²) < 4.78 is 0. The van der Waals surface area contributed by atoms with Gasteiger partial charge in [-0.1, -0.05) is 163 Å². The van der Waals surface area contributed by atoms with Crippen LogP contribution >= 0.6 is 11.8 Å². The van der Waals surface area contributed by atoms with Gasteiger partial charge < -0.3 is 0 Å². The van der Waals surface area contributed by atoms with Crippen molar-refractivity contribution in [3.8, 4) is 45.3 Å². The second kappa shape index (κ2) is 11.3. The van der Waals surface area contributed by atoms with Crippen molar-refractivity contribution >= 4 is 33.3 Å². The van der Waals surface area contributed by atoms with Gasteiger partial charge in [-0.25, -0.2) is 15.0 Å². The van der Waals surface area contributed by atoms with Crippen LogP contribution in [0.5, 0.6) is 0 Å². The van der Waals surface area contributed by atoms with Gasteiger partial charge in [0.05, 0.1) is 5.41 Å². The van der Waals surface area contributed by atoms with Crippen molar-refractivity contribution in [2.24, 2.45) is 0 Å². The minimum atomic E-state index is -0.476. The zero-order valence-electron chi connectivity index (χ0n) is 28.0. The van der Waals surface area contributed by atoms with Gasteiger partial charge in [0.15, 0.2) is 17.5 Å². The lowest BCUT2D eigenvalue weighted by molar-refractivity contribution is 0.722. The summed E-state index contributed by atoms with van der Waals surface area (Å²) in [5.41, 5.74) is 10.00. The standard InChI is InChI=1S/C48H29N3S/c1-3-14-32-28-34(26-24-30(32)12-1)45-49-46(35-27-25-31-13-2-4-15-33(31)29-35)51-47(50-45)37-17-11-21-41-44(37)36-16-5-6-18-38(36)48(41)39-19-7-9-22-42(39)52-43-23-10-8-20-40(43)48/h1-29H. The Kier molecular flexibility index (Phi) is 6.40. The molecule has 9 aromatic rings. The maximum absolute atomic E-state index is 5.31. The second-order valence-electron chi connectivity index (χ2n) is 13.5. The van der Waals surface area contributed by atoms with Crippen molar-refractivity contribution in [3.05, 3.63) is 198 Å². The summed E-state index contributed by atoms with van der Waals surface area (Å²) in [5.74, 6) is 1.97. The van der Waals surface area contributed by atoms with E-state index in [9.17, 15) is 0 Å². The largest absolute Gasteiger partial charge is 0.208 e. The number of benzene rings is 8. The minimum absolute atomic E-state index is 0.476. The van der Waals surface area contributed by atoms with E-state index in [0.29, 0.717) is 17.5 Å². The Morgan fingerprint density at radius 2 is 0.808 bits per heavy atom. The zero-order chi connectivity index (χ0) is 34.2. The molecule has 0 radical (unpaired) electrons. The highest BCUT2D eigenvalue weighted by Crippen LogP contribution is 2.63. The van der Waals surface area contributed by atoms with E-state index in [1.807, 2.05) is 11.8 Å². The van der Waals surface area contributed by atoms with Crippen LogP contribution in [0.4, 0.5) is 0 Å². The molecule has 4 heteroatoms. The van der Waals surface area contributed by atoms with Crippen LogP contribution in [0.1, 0.15) is 22.3 Å². The van der Waals surface area contributed by atoms with Crippen molar-refractivity contribution in [2.75, 3.05) is 0 Å². The summed E-state index contributed by atoms with van der Waals surface area (Å²) in [6.07, 6.45) is 0. The number of rotatable bonds is 3. The molecule has 0 saturated carbocycles. The van der Waals surface area contributed by atoms with E-state index in [1.54, 1.807) is 0 Å². The molecule has 0 unspecified atom stereocenters. The number of hydrogen-bond donors (Lipinski definition) is 0. The predicted molar refractivity (Wildman–Crippen MR) is 213 cm³/mol. The monoisotopic (exact) mass is 679 g/mol. The van der Waals surface area contributed by atoms with E-state index >= 15 is 0 Å². The molecule has 0 N–H and O–H groups in total. The molecule has 1 aliphatic carbocycles. The fourth-order valence-corrected chi connectivity index (χ4v) is 9.69. The van der Waals surface area contributed by atoms with Gasteiger partial charge in [-0.15, -0.1) is 0 Å². The van der Waals surface area contributed by atoms with Gasteiger partial charge in [-0.2, -0.15) is 0 Å². The molecule has 8 aromatic carbocycles. The molecule has 1 spiro atoms. The molecule has 11 rings (SSSR count). The number of hydrogen-bond acceptors (Lipinski definition) is 4. The van der Waals surface area contributed by atoms with Crippen LogP contribution < -0.4 is 0 Å². The van der Waals surface area contributed by atoms with E-state index in [-0.39, 0.29) is 0 Å². The van der Waals surface area contributed by atoms with Gasteiger partial charge in [-0.05, 0) is 79.2 Å². The Bertz CT molecular complexity index is 2770. The second-order valence-corrected chi connectivity index (χ2v) is 14.6. The summed E-state index contributed by atoms with van der Waals surface area (Å²) in [5, 5.41) is 4.67. The Morgan fingerprint density at radius 3 is 1.42 bits per heavy atom. The molecule has 0 bridgehead atoms. The van der Waals surface area contributed by atoms with E-state index in [0.717, 1.165) is 27.5 Å². The van der Waals surface area contributed by atoms with Gasteiger partial charge in [0.2, 0.25) is 0 Å². The van der Waals surface area contributed by atoms with Gasteiger partial charge in [0.1, 0.15) is 0 Å². The van der Waals surface area contributed by atoms with Crippen LogP contribution in [-0.4, -0.2) is 15.0 Å². The SMILES string of the molecule is c1ccc2c(c1)Sc1ccccc1C21c2ccccc2-c2c(-c3nc(-c4ccc5ccccc5c4)nc(-c4ccc5ccccc5c4)n3)cccc21. The summed E-state index contributed by atoms with van der Waals surface area (Å²) >= 11 is 1.86. The third kappa shape index (κ3) is 4.25. The molecular formula is C48H29N3S. The van der Waals surface area contributed by atoms with Crippen molar-refractivity contribution in [3.63, 3.8) is 0 Å². The highest BCUT2D eigenvalue weighted by Gasteiger charge is 2.50. The van der Waals surface area contributed by atoms with E-state index in [1.165, 1.54) is 53.9 Å². The molecule has 2 heterocycles. The first-order valence-electron chi connectivity index (χ1n) is 17.6. The van der Waals surface area contributed by atoms with Crippen LogP contribution in [0.25, 0.3) is 66.8 Å². The number of fused-ring (bicyclic) bond motifs is 11. The van der Waals surface area contributed by atoms with Gasteiger partial charge in [0.25, 0.3) is 0 Å². The van der Waals surface area contributed by atoms with Crippen LogP contribution in [0.15, 0.2) is 186 Å². The smallest absolute Gasteiger partial charge is 0.164 e.